The first kappa shape index (κ1) is 20.9. The van der Waals surface area contributed by atoms with Crippen LogP contribution in [-0.2, 0) is 16.0 Å². The van der Waals surface area contributed by atoms with Crippen molar-refractivity contribution in [3.63, 3.8) is 0 Å². The average molecular weight is 355 g/mol. The van der Waals surface area contributed by atoms with E-state index in [2.05, 4.69) is 19.2 Å². The van der Waals surface area contributed by atoms with Crippen LogP contribution in [0.25, 0.3) is 0 Å². The standard InChI is InChI=1S/C19H30N2O2.ClH/c1-4-19(5-2)16(13-17(19)23-6-3)21-18(22)15(20)12-14-10-8-7-9-11-14;/h7-11,15-17H,4-6,12-13,20H2,1-3H3,(H,21,22);1H/t15-,16?,17?;/m0./s1. The van der Waals surface area contributed by atoms with E-state index in [1.165, 1.54) is 0 Å². The van der Waals surface area contributed by atoms with Gasteiger partial charge >= 0.3 is 0 Å². The molecular weight excluding hydrogens is 324 g/mol. The summed E-state index contributed by atoms with van der Waals surface area (Å²) >= 11 is 0. The number of halogens is 1. The molecule has 0 aliphatic heterocycles. The van der Waals surface area contributed by atoms with Gasteiger partial charge in [-0.3, -0.25) is 4.79 Å². The normalized spacial score (nSPS) is 22.8. The van der Waals surface area contributed by atoms with Crippen LogP contribution in [0.3, 0.4) is 0 Å². The van der Waals surface area contributed by atoms with Crippen LogP contribution in [0.2, 0.25) is 0 Å². The average Bonchev–Trinajstić information content (AvgIpc) is 2.56. The Bertz CT molecular complexity index is 505. The zero-order valence-corrected chi connectivity index (χ0v) is 15.8. The van der Waals surface area contributed by atoms with Crippen LogP contribution in [0.5, 0.6) is 0 Å². The van der Waals surface area contributed by atoms with Gasteiger partial charge in [-0.25, -0.2) is 0 Å². The fourth-order valence-electron chi connectivity index (χ4n) is 3.82. The molecule has 1 amide bonds. The van der Waals surface area contributed by atoms with Crippen LogP contribution in [0, 0.1) is 5.41 Å². The van der Waals surface area contributed by atoms with Crippen molar-refractivity contribution in [3.05, 3.63) is 35.9 Å². The predicted octanol–water partition coefficient (Wildman–Crippen LogP) is 3.08. The van der Waals surface area contributed by atoms with Gasteiger partial charge in [0, 0.05) is 18.1 Å². The second-order valence-corrected chi connectivity index (χ2v) is 6.48. The van der Waals surface area contributed by atoms with Gasteiger partial charge in [-0.1, -0.05) is 44.2 Å². The molecule has 0 bridgehead atoms. The molecule has 0 radical (unpaired) electrons. The highest BCUT2D eigenvalue weighted by Crippen LogP contribution is 2.48. The second kappa shape index (κ2) is 9.40. The van der Waals surface area contributed by atoms with E-state index in [0.717, 1.165) is 31.4 Å². The van der Waals surface area contributed by atoms with Gasteiger partial charge in [0.05, 0.1) is 12.1 Å². The molecular formula is C19H31ClN2O2. The summed E-state index contributed by atoms with van der Waals surface area (Å²) in [5, 5.41) is 3.17. The molecule has 0 heterocycles. The van der Waals surface area contributed by atoms with Crippen molar-refractivity contribution < 1.29 is 9.53 Å². The Labute approximate surface area is 151 Å². The fourth-order valence-corrected chi connectivity index (χ4v) is 3.82. The van der Waals surface area contributed by atoms with E-state index in [1.54, 1.807) is 0 Å². The van der Waals surface area contributed by atoms with Gasteiger partial charge < -0.3 is 15.8 Å². The van der Waals surface area contributed by atoms with Gasteiger partial charge in [-0.15, -0.1) is 12.4 Å². The quantitative estimate of drug-likeness (QED) is 0.754. The van der Waals surface area contributed by atoms with Crippen LogP contribution >= 0.6 is 12.4 Å². The second-order valence-electron chi connectivity index (χ2n) is 6.48. The van der Waals surface area contributed by atoms with E-state index in [9.17, 15) is 4.79 Å². The smallest absolute Gasteiger partial charge is 0.237 e. The Morgan fingerprint density at radius 2 is 1.92 bits per heavy atom. The minimum absolute atomic E-state index is 0. The third-order valence-corrected chi connectivity index (χ3v) is 5.42. The highest BCUT2D eigenvalue weighted by Gasteiger charge is 2.53. The van der Waals surface area contributed by atoms with Crippen LogP contribution in [0.15, 0.2) is 30.3 Å². The van der Waals surface area contributed by atoms with Gasteiger partial charge in [0.1, 0.15) is 0 Å². The maximum Gasteiger partial charge on any atom is 0.237 e. The molecule has 1 aromatic rings. The summed E-state index contributed by atoms with van der Waals surface area (Å²) in [7, 11) is 0. The molecule has 1 aromatic carbocycles. The molecule has 1 aliphatic carbocycles. The summed E-state index contributed by atoms with van der Waals surface area (Å²) < 4.78 is 5.86. The van der Waals surface area contributed by atoms with Crippen LogP contribution < -0.4 is 11.1 Å². The molecule has 2 unspecified atom stereocenters. The molecule has 4 nitrogen and oxygen atoms in total. The Morgan fingerprint density at radius 3 is 2.46 bits per heavy atom. The van der Waals surface area contributed by atoms with Crippen LogP contribution in [0.4, 0.5) is 0 Å². The molecule has 1 fully saturated rings. The molecule has 1 aliphatic rings. The van der Waals surface area contributed by atoms with Crippen molar-refractivity contribution in [3.8, 4) is 0 Å². The third kappa shape index (κ3) is 4.29. The minimum atomic E-state index is -0.505. The minimum Gasteiger partial charge on any atom is -0.378 e. The Hall–Kier alpha value is -1.10. The van der Waals surface area contributed by atoms with Crippen molar-refractivity contribution in [2.75, 3.05) is 6.61 Å². The van der Waals surface area contributed by atoms with E-state index in [-0.39, 0.29) is 35.9 Å². The monoisotopic (exact) mass is 354 g/mol. The molecule has 24 heavy (non-hydrogen) atoms. The number of nitrogens with one attached hydrogen (secondary N) is 1. The van der Waals surface area contributed by atoms with E-state index >= 15 is 0 Å². The van der Waals surface area contributed by atoms with Crippen molar-refractivity contribution in [2.45, 2.75) is 64.6 Å². The molecule has 0 saturated heterocycles. The van der Waals surface area contributed by atoms with Crippen molar-refractivity contribution >= 4 is 18.3 Å². The van der Waals surface area contributed by atoms with E-state index in [0.29, 0.717) is 6.42 Å². The lowest BCUT2D eigenvalue weighted by atomic mass is 9.58. The lowest BCUT2D eigenvalue weighted by Gasteiger charge is -2.55. The number of ether oxygens (including phenoxy) is 1. The maximum atomic E-state index is 12.5. The van der Waals surface area contributed by atoms with Crippen LogP contribution in [0.1, 0.15) is 45.6 Å². The summed E-state index contributed by atoms with van der Waals surface area (Å²) in [5.74, 6) is -0.0555. The van der Waals surface area contributed by atoms with Crippen molar-refractivity contribution in [1.29, 1.82) is 0 Å². The predicted molar refractivity (Wildman–Crippen MR) is 100 cm³/mol. The zero-order chi connectivity index (χ0) is 16.9. The van der Waals surface area contributed by atoms with Gasteiger partial charge in [0.2, 0.25) is 5.91 Å². The van der Waals surface area contributed by atoms with E-state index < -0.39 is 6.04 Å². The molecule has 0 spiro atoms. The van der Waals surface area contributed by atoms with Crippen LogP contribution in [-0.4, -0.2) is 30.7 Å². The Balaban J connectivity index is 0.00000288. The first-order valence-corrected chi connectivity index (χ1v) is 8.78. The molecule has 3 atom stereocenters. The number of hydrogen-bond acceptors (Lipinski definition) is 3. The topological polar surface area (TPSA) is 64.3 Å². The number of rotatable bonds is 8. The maximum absolute atomic E-state index is 12.5. The Kier molecular flexibility index (Phi) is 8.20. The summed E-state index contributed by atoms with van der Waals surface area (Å²) in [6.45, 7) is 7.10. The summed E-state index contributed by atoms with van der Waals surface area (Å²) in [5.41, 5.74) is 7.24. The van der Waals surface area contributed by atoms with Gasteiger partial charge in [-0.05, 0) is 38.2 Å². The van der Waals surface area contributed by atoms with Gasteiger partial charge in [-0.2, -0.15) is 0 Å². The van der Waals surface area contributed by atoms with E-state index in [1.807, 2.05) is 37.3 Å². The fraction of sp³-hybridized carbons (Fsp3) is 0.632. The van der Waals surface area contributed by atoms with Crippen molar-refractivity contribution in [1.82, 2.24) is 5.32 Å². The lowest BCUT2D eigenvalue weighted by molar-refractivity contribution is -0.149. The first-order valence-electron chi connectivity index (χ1n) is 8.78. The highest BCUT2D eigenvalue weighted by atomic mass is 35.5. The number of nitrogens with two attached hydrogens (primary N) is 1. The molecule has 2 rings (SSSR count). The number of carbonyl (C=O) groups excluding carboxylic acids is 1. The lowest BCUT2D eigenvalue weighted by Crippen LogP contribution is -2.65. The molecule has 0 aromatic heterocycles. The zero-order valence-electron chi connectivity index (χ0n) is 15.0. The summed E-state index contributed by atoms with van der Waals surface area (Å²) in [6.07, 6.45) is 3.72. The van der Waals surface area contributed by atoms with Crippen molar-refractivity contribution in [2.24, 2.45) is 11.1 Å². The SMILES string of the molecule is CCOC1CC(NC(=O)[C@@H](N)Cc2ccccc2)C1(CC)CC.Cl. The Morgan fingerprint density at radius 1 is 1.29 bits per heavy atom. The van der Waals surface area contributed by atoms with Gasteiger partial charge in [0.15, 0.2) is 0 Å². The number of benzene rings is 1. The number of hydrogen-bond donors (Lipinski definition) is 2. The molecule has 3 N–H and O–H groups in total. The molecule has 5 heteroatoms. The first-order chi connectivity index (χ1) is 11.1. The summed E-state index contributed by atoms with van der Waals surface area (Å²) in [6, 6.07) is 9.58. The number of amides is 1. The number of carbonyl (C=O) groups is 1. The summed E-state index contributed by atoms with van der Waals surface area (Å²) in [4.78, 5) is 12.5. The largest absolute Gasteiger partial charge is 0.378 e. The molecule has 136 valence electrons. The highest BCUT2D eigenvalue weighted by molar-refractivity contribution is 5.85. The third-order valence-electron chi connectivity index (χ3n) is 5.42. The van der Waals surface area contributed by atoms with Gasteiger partial charge in [0.25, 0.3) is 0 Å². The molecule has 1 saturated carbocycles. The van der Waals surface area contributed by atoms with E-state index in [4.69, 9.17) is 10.5 Å².